The van der Waals surface area contributed by atoms with Gasteiger partial charge in [0.2, 0.25) is 0 Å². The van der Waals surface area contributed by atoms with Crippen molar-refractivity contribution in [1.82, 2.24) is 0 Å². The number of hydrogen-bond donors (Lipinski definition) is 0. The third-order valence-electron chi connectivity index (χ3n) is 2.91. The molecule has 1 aliphatic heterocycles. The minimum absolute atomic E-state index is 0.197. The van der Waals surface area contributed by atoms with Crippen molar-refractivity contribution in [2.45, 2.75) is 6.92 Å². The fourth-order valence-corrected chi connectivity index (χ4v) is 3.19. The lowest BCUT2D eigenvalue weighted by Gasteiger charge is -2.31. The van der Waals surface area contributed by atoms with Gasteiger partial charge in [0.15, 0.2) is 0 Å². The van der Waals surface area contributed by atoms with Crippen molar-refractivity contribution >= 4 is 21.1 Å². The fourth-order valence-electron chi connectivity index (χ4n) is 1.88. The maximum absolute atomic E-state index is 13.7. The average Bonchev–Trinajstić information content (AvgIpc) is 2.19. The molecule has 0 bridgehead atoms. The van der Waals surface area contributed by atoms with E-state index in [-0.39, 0.29) is 5.82 Å². The summed E-state index contributed by atoms with van der Waals surface area (Å²) >= 11 is 0. The number of nitrogens with zero attached hydrogens (tertiary/aromatic N) is 1. The van der Waals surface area contributed by atoms with Gasteiger partial charge < -0.3 is 4.90 Å². The van der Waals surface area contributed by atoms with Crippen LogP contribution in [0.4, 0.5) is 10.1 Å². The lowest BCUT2D eigenvalue weighted by molar-refractivity contribution is 0.616. The Hall–Kier alpha value is -1.03. The molecule has 16 heavy (non-hydrogen) atoms. The molecule has 2 rings (SSSR count). The SMILES string of the molecule is C=S1(=O)CCN(c2ccc(C)cc2F)CC1. The Balaban J connectivity index is 2.20. The predicted molar refractivity (Wildman–Crippen MR) is 68.3 cm³/mol. The van der Waals surface area contributed by atoms with E-state index in [1.165, 1.54) is 6.07 Å². The van der Waals surface area contributed by atoms with Crippen LogP contribution in [-0.2, 0) is 9.52 Å². The smallest absolute Gasteiger partial charge is 0.146 e. The largest absolute Gasteiger partial charge is 0.367 e. The van der Waals surface area contributed by atoms with Crippen molar-refractivity contribution in [2.24, 2.45) is 0 Å². The topological polar surface area (TPSA) is 20.3 Å². The van der Waals surface area contributed by atoms with E-state index < -0.39 is 9.52 Å². The molecule has 0 radical (unpaired) electrons. The number of aryl methyl sites for hydroxylation is 1. The molecule has 1 aromatic carbocycles. The van der Waals surface area contributed by atoms with Crippen LogP contribution in [-0.4, -0.2) is 34.7 Å². The number of anilines is 1. The summed E-state index contributed by atoms with van der Waals surface area (Å²) in [6.45, 7) is 3.12. The van der Waals surface area contributed by atoms with Crippen molar-refractivity contribution in [2.75, 3.05) is 29.5 Å². The van der Waals surface area contributed by atoms with Crippen molar-refractivity contribution in [3.63, 3.8) is 0 Å². The zero-order valence-corrected chi connectivity index (χ0v) is 10.2. The third-order valence-corrected chi connectivity index (χ3v) is 4.76. The van der Waals surface area contributed by atoms with Gasteiger partial charge in [0.05, 0.1) is 5.69 Å². The van der Waals surface area contributed by atoms with Crippen molar-refractivity contribution in [3.8, 4) is 0 Å². The lowest BCUT2D eigenvalue weighted by atomic mass is 10.2. The van der Waals surface area contributed by atoms with Gasteiger partial charge in [-0.15, -0.1) is 0 Å². The summed E-state index contributed by atoms with van der Waals surface area (Å²) in [6.07, 6.45) is 0. The van der Waals surface area contributed by atoms with E-state index in [1.54, 1.807) is 6.07 Å². The maximum Gasteiger partial charge on any atom is 0.146 e. The first-order valence-electron chi connectivity index (χ1n) is 5.32. The molecule has 1 saturated heterocycles. The monoisotopic (exact) mass is 241 g/mol. The normalized spacial score (nSPS) is 19.8. The van der Waals surface area contributed by atoms with Gasteiger partial charge in [0.25, 0.3) is 0 Å². The van der Waals surface area contributed by atoms with Gasteiger partial charge in [-0.1, -0.05) is 6.07 Å². The minimum Gasteiger partial charge on any atom is -0.367 e. The predicted octanol–water partition coefficient (Wildman–Crippen LogP) is 1.67. The van der Waals surface area contributed by atoms with E-state index in [0.717, 1.165) is 5.56 Å². The van der Waals surface area contributed by atoms with Gasteiger partial charge in [0.1, 0.15) is 5.82 Å². The van der Waals surface area contributed by atoms with E-state index in [9.17, 15) is 8.60 Å². The number of benzene rings is 1. The quantitative estimate of drug-likeness (QED) is 0.697. The Kier molecular flexibility index (Phi) is 2.93. The highest BCUT2D eigenvalue weighted by atomic mass is 32.2. The van der Waals surface area contributed by atoms with E-state index in [0.29, 0.717) is 30.3 Å². The number of rotatable bonds is 1. The molecule has 0 N–H and O–H groups in total. The van der Waals surface area contributed by atoms with Crippen LogP contribution in [0.25, 0.3) is 0 Å². The van der Waals surface area contributed by atoms with Gasteiger partial charge >= 0.3 is 0 Å². The standard InChI is InChI=1S/C12H16FNOS/c1-10-3-4-12(11(13)9-10)14-5-7-16(2,15)8-6-14/h3-4,9H,2,5-8H2,1H3. The van der Waals surface area contributed by atoms with Gasteiger partial charge in [0, 0.05) is 24.6 Å². The summed E-state index contributed by atoms with van der Waals surface area (Å²) in [5.41, 5.74) is 1.53. The van der Waals surface area contributed by atoms with E-state index in [4.69, 9.17) is 0 Å². The van der Waals surface area contributed by atoms with Crippen molar-refractivity contribution in [3.05, 3.63) is 29.6 Å². The Labute approximate surface area is 96.1 Å². The summed E-state index contributed by atoms with van der Waals surface area (Å²) in [6, 6.07) is 5.22. The van der Waals surface area contributed by atoms with Crippen LogP contribution in [0.15, 0.2) is 18.2 Å². The van der Waals surface area contributed by atoms with E-state index in [2.05, 4.69) is 5.87 Å². The van der Waals surface area contributed by atoms with Gasteiger partial charge in [-0.3, -0.25) is 4.21 Å². The molecule has 1 fully saturated rings. The molecule has 0 saturated carbocycles. The molecular formula is C12H16FNOS. The van der Waals surface area contributed by atoms with Crippen LogP contribution < -0.4 is 4.90 Å². The molecule has 0 amide bonds. The minimum atomic E-state index is -1.91. The summed E-state index contributed by atoms with van der Waals surface area (Å²) in [5.74, 6) is 4.62. The van der Waals surface area contributed by atoms with E-state index >= 15 is 0 Å². The Morgan fingerprint density at radius 1 is 1.38 bits per heavy atom. The van der Waals surface area contributed by atoms with Crippen LogP contribution in [0, 0.1) is 12.7 Å². The molecule has 4 heteroatoms. The summed E-state index contributed by atoms with van der Waals surface area (Å²) in [5, 5.41) is 0. The third kappa shape index (κ3) is 2.38. The first-order chi connectivity index (χ1) is 7.48. The van der Waals surface area contributed by atoms with Crippen molar-refractivity contribution in [1.29, 1.82) is 0 Å². The molecule has 2 nitrogen and oxygen atoms in total. The van der Waals surface area contributed by atoms with Crippen LogP contribution in [0.3, 0.4) is 0 Å². The maximum atomic E-state index is 13.7. The average molecular weight is 241 g/mol. The van der Waals surface area contributed by atoms with Crippen molar-refractivity contribution < 1.29 is 8.60 Å². The highest BCUT2D eigenvalue weighted by Crippen LogP contribution is 2.22. The second kappa shape index (κ2) is 4.09. The highest BCUT2D eigenvalue weighted by molar-refractivity contribution is 8.00. The Morgan fingerprint density at radius 2 is 2.00 bits per heavy atom. The summed E-state index contributed by atoms with van der Waals surface area (Å²) < 4.78 is 25.4. The van der Waals surface area contributed by atoms with E-state index in [1.807, 2.05) is 17.9 Å². The van der Waals surface area contributed by atoms with Crippen LogP contribution >= 0.6 is 0 Å². The van der Waals surface area contributed by atoms with Gasteiger partial charge in [-0.2, -0.15) is 0 Å². The number of halogens is 1. The summed E-state index contributed by atoms with van der Waals surface area (Å²) in [7, 11) is -1.91. The first-order valence-corrected chi connectivity index (χ1v) is 7.38. The molecule has 1 aliphatic rings. The molecule has 0 spiro atoms. The van der Waals surface area contributed by atoms with Crippen LogP contribution in [0.5, 0.6) is 0 Å². The van der Waals surface area contributed by atoms with Crippen LogP contribution in [0.2, 0.25) is 0 Å². The van der Waals surface area contributed by atoms with Gasteiger partial charge in [-0.05, 0) is 40.0 Å². The number of hydrogen-bond acceptors (Lipinski definition) is 2. The van der Waals surface area contributed by atoms with Crippen LogP contribution in [0.1, 0.15) is 5.56 Å². The molecule has 88 valence electrons. The molecule has 0 atom stereocenters. The fraction of sp³-hybridized carbons (Fsp3) is 0.417. The summed E-state index contributed by atoms with van der Waals surface area (Å²) in [4.78, 5) is 1.95. The molecule has 0 aliphatic carbocycles. The zero-order valence-electron chi connectivity index (χ0n) is 9.41. The molecule has 0 unspecified atom stereocenters. The highest BCUT2D eigenvalue weighted by Gasteiger charge is 2.19. The second-order valence-corrected chi connectivity index (χ2v) is 7.06. The first kappa shape index (κ1) is 11.5. The second-order valence-electron chi connectivity index (χ2n) is 4.32. The Morgan fingerprint density at radius 3 is 2.56 bits per heavy atom. The molecule has 0 aromatic heterocycles. The lowest BCUT2D eigenvalue weighted by Crippen LogP contribution is -2.40. The molecule has 1 aromatic rings. The Bertz CT molecular complexity index is 482. The van der Waals surface area contributed by atoms with Gasteiger partial charge in [-0.25, -0.2) is 4.39 Å². The zero-order chi connectivity index (χ0) is 11.8. The molecular weight excluding hydrogens is 225 g/mol. The molecule has 1 heterocycles.